The number of rotatable bonds is 8. The van der Waals surface area contributed by atoms with Gasteiger partial charge in [0.05, 0.1) is 7.11 Å². The zero-order valence-electron chi connectivity index (χ0n) is 17.6. The Bertz CT molecular complexity index is 975. The summed E-state index contributed by atoms with van der Waals surface area (Å²) in [5.74, 6) is 0.864. The van der Waals surface area contributed by atoms with E-state index < -0.39 is 0 Å². The van der Waals surface area contributed by atoms with Crippen molar-refractivity contribution in [2.24, 2.45) is 0 Å². The number of benzene rings is 2. The van der Waals surface area contributed by atoms with E-state index in [0.717, 1.165) is 36.8 Å². The number of nitrogens with one attached hydrogen (secondary N) is 2. The molecule has 5 heteroatoms. The number of methoxy groups -OCH3 is 1. The molecule has 0 spiro atoms. The smallest absolute Gasteiger partial charge is 0.287 e. The van der Waals surface area contributed by atoms with Crippen LogP contribution in [-0.2, 0) is 13.0 Å². The fourth-order valence-electron chi connectivity index (χ4n) is 4.19. The van der Waals surface area contributed by atoms with Crippen LogP contribution >= 0.6 is 0 Å². The van der Waals surface area contributed by atoms with Crippen LogP contribution in [-0.4, -0.2) is 25.6 Å². The lowest BCUT2D eigenvalue weighted by Crippen LogP contribution is -2.35. The second kappa shape index (κ2) is 9.81. The van der Waals surface area contributed by atoms with Gasteiger partial charge < -0.3 is 19.8 Å². The lowest BCUT2D eigenvalue weighted by Gasteiger charge is -2.22. The number of carbonyl (C=O) groups excluding carboxylic acids is 1. The van der Waals surface area contributed by atoms with E-state index in [1.165, 1.54) is 24.8 Å². The van der Waals surface area contributed by atoms with Crippen molar-refractivity contribution in [1.82, 2.24) is 10.6 Å². The molecule has 1 aromatic heterocycles. The molecule has 0 atom stereocenters. The van der Waals surface area contributed by atoms with Crippen molar-refractivity contribution >= 4 is 16.9 Å². The van der Waals surface area contributed by atoms with Gasteiger partial charge in [0.1, 0.15) is 0 Å². The Labute approximate surface area is 177 Å². The molecule has 3 aromatic rings. The minimum absolute atomic E-state index is 0.136. The standard InChI is InChI=1S/C25H30N2O3/c1-29-22-13-12-19(17-26-15-14-18-8-4-2-5-9-18)21-16-23(30-24(21)22)25(28)27-20-10-6-3-7-11-20/h2,4-5,8-9,12-13,16,20,26H,3,6-7,10-11,14-15,17H2,1H3,(H,27,28). The van der Waals surface area contributed by atoms with Crippen molar-refractivity contribution in [2.45, 2.75) is 51.1 Å². The van der Waals surface area contributed by atoms with Crippen molar-refractivity contribution in [3.63, 3.8) is 0 Å². The second-order valence-corrected chi connectivity index (χ2v) is 8.00. The molecular weight excluding hydrogens is 376 g/mol. The average Bonchev–Trinajstić information content (AvgIpc) is 3.24. The Morgan fingerprint density at radius 2 is 1.90 bits per heavy atom. The first-order valence-corrected chi connectivity index (χ1v) is 10.9. The Balaban J connectivity index is 1.45. The zero-order chi connectivity index (χ0) is 20.8. The summed E-state index contributed by atoms with van der Waals surface area (Å²) in [6.45, 7) is 1.58. The number of amides is 1. The molecule has 1 aliphatic carbocycles. The van der Waals surface area contributed by atoms with E-state index in [0.29, 0.717) is 23.6 Å². The molecule has 2 N–H and O–H groups in total. The predicted molar refractivity (Wildman–Crippen MR) is 119 cm³/mol. The maximum absolute atomic E-state index is 12.7. The molecule has 0 aliphatic heterocycles. The molecule has 1 heterocycles. The summed E-state index contributed by atoms with van der Waals surface area (Å²) in [5, 5.41) is 7.56. The predicted octanol–water partition coefficient (Wildman–Crippen LogP) is 4.84. The van der Waals surface area contributed by atoms with E-state index in [-0.39, 0.29) is 11.9 Å². The van der Waals surface area contributed by atoms with Crippen LogP contribution in [0.15, 0.2) is 52.9 Å². The van der Waals surface area contributed by atoms with Gasteiger partial charge in [0.15, 0.2) is 17.1 Å². The third-order valence-corrected chi connectivity index (χ3v) is 5.87. The Kier molecular flexibility index (Phi) is 6.70. The first-order chi connectivity index (χ1) is 14.7. The van der Waals surface area contributed by atoms with Crippen molar-refractivity contribution < 1.29 is 13.9 Å². The molecule has 1 saturated carbocycles. The van der Waals surface area contributed by atoms with Crippen LogP contribution < -0.4 is 15.4 Å². The minimum atomic E-state index is -0.136. The van der Waals surface area contributed by atoms with Gasteiger partial charge in [-0.2, -0.15) is 0 Å². The van der Waals surface area contributed by atoms with Gasteiger partial charge in [-0.25, -0.2) is 0 Å². The van der Waals surface area contributed by atoms with Crippen LogP contribution in [0, 0.1) is 0 Å². The summed E-state index contributed by atoms with van der Waals surface area (Å²) in [6, 6.07) is 16.5. The maximum atomic E-state index is 12.7. The molecule has 1 aliphatic rings. The quantitative estimate of drug-likeness (QED) is 0.526. The van der Waals surface area contributed by atoms with E-state index in [1.807, 2.05) is 24.3 Å². The Hall–Kier alpha value is -2.79. The second-order valence-electron chi connectivity index (χ2n) is 8.00. The summed E-state index contributed by atoms with van der Waals surface area (Å²) < 4.78 is 11.4. The normalized spacial score (nSPS) is 14.7. The SMILES string of the molecule is COc1ccc(CNCCc2ccccc2)c2cc(C(=O)NC3CCCCC3)oc12. The van der Waals surface area contributed by atoms with Crippen LogP contribution in [0.4, 0.5) is 0 Å². The zero-order valence-corrected chi connectivity index (χ0v) is 17.6. The molecule has 1 amide bonds. The first-order valence-electron chi connectivity index (χ1n) is 10.9. The van der Waals surface area contributed by atoms with Crippen LogP contribution in [0.5, 0.6) is 5.75 Å². The van der Waals surface area contributed by atoms with E-state index in [2.05, 4.69) is 34.9 Å². The molecule has 0 bridgehead atoms. The number of furan rings is 1. The van der Waals surface area contributed by atoms with Gasteiger partial charge >= 0.3 is 0 Å². The Morgan fingerprint density at radius 3 is 2.67 bits per heavy atom. The summed E-state index contributed by atoms with van der Waals surface area (Å²) in [7, 11) is 1.62. The molecule has 158 valence electrons. The van der Waals surface area contributed by atoms with Crippen molar-refractivity contribution in [1.29, 1.82) is 0 Å². The molecule has 4 rings (SSSR count). The van der Waals surface area contributed by atoms with E-state index in [4.69, 9.17) is 9.15 Å². The molecule has 0 radical (unpaired) electrons. The van der Waals surface area contributed by atoms with E-state index in [1.54, 1.807) is 7.11 Å². The van der Waals surface area contributed by atoms with E-state index in [9.17, 15) is 4.79 Å². The van der Waals surface area contributed by atoms with Gasteiger partial charge in [-0.3, -0.25) is 4.79 Å². The largest absolute Gasteiger partial charge is 0.493 e. The molecule has 0 saturated heterocycles. The van der Waals surface area contributed by atoms with Crippen molar-refractivity contribution in [2.75, 3.05) is 13.7 Å². The highest BCUT2D eigenvalue weighted by atomic mass is 16.5. The number of hydrogen-bond acceptors (Lipinski definition) is 4. The summed E-state index contributed by atoms with van der Waals surface area (Å²) in [6.07, 6.45) is 6.68. The summed E-state index contributed by atoms with van der Waals surface area (Å²) in [5.41, 5.74) is 3.04. The van der Waals surface area contributed by atoms with Gasteiger partial charge in [-0.05, 0) is 49.1 Å². The lowest BCUT2D eigenvalue weighted by molar-refractivity contribution is 0.0901. The average molecular weight is 407 g/mol. The molecule has 1 fully saturated rings. The highest BCUT2D eigenvalue weighted by Crippen LogP contribution is 2.32. The first kappa shape index (κ1) is 20.5. The topological polar surface area (TPSA) is 63.5 Å². The fourth-order valence-corrected chi connectivity index (χ4v) is 4.19. The van der Waals surface area contributed by atoms with Gasteiger partial charge in [-0.1, -0.05) is 55.7 Å². The third-order valence-electron chi connectivity index (χ3n) is 5.87. The summed E-state index contributed by atoms with van der Waals surface area (Å²) >= 11 is 0. The maximum Gasteiger partial charge on any atom is 0.287 e. The van der Waals surface area contributed by atoms with Crippen molar-refractivity contribution in [3.05, 3.63) is 65.4 Å². The highest BCUT2D eigenvalue weighted by Gasteiger charge is 2.21. The van der Waals surface area contributed by atoms with E-state index >= 15 is 0 Å². The van der Waals surface area contributed by atoms with Gasteiger partial charge in [0.25, 0.3) is 5.91 Å². The van der Waals surface area contributed by atoms with Gasteiger partial charge in [0, 0.05) is 18.0 Å². The monoisotopic (exact) mass is 406 g/mol. The third kappa shape index (κ3) is 4.85. The highest BCUT2D eigenvalue weighted by molar-refractivity contribution is 5.98. The van der Waals surface area contributed by atoms with Crippen LogP contribution in [0.1, 0.15) is 53.8 Å². The molecule has 0 unspecified atom stereocenters. The van der Waals surface area contributed by atoms with Crippen LogP contribution in [0.2, 0.25) is 0 Å². The lowest BCUT2D eigenvalue weighted by atomic mass is 9.95. The fraction of sp³-hybridized carbons (Fsp3) is 0.400. The number of ether oxygens (including phenoxy) is 1. The number of fused-ring (bicyclic) bond motifs is 1. The molecular formula is C25H30N2O3. The molecule has 5 nitrogen and oxygen atoms in total. The van der Waals surface area contributed by atoms with Gasteiger partial charge in [-0.15, -0.1) is 0 Å². The van der Waals surface area contributed by atoms with Crippen LogP contribution in [0.3, 0.4) is 0 Å². The van der Waals surface area contributed by atoms with Crippen LogP contribution in [0.25, 0.3) is 11.0 Å². The number of hydrogen-bond donors (Lipinski definition) is 2. The van der Waals surface area contributed by atoms with Gasteiger partial charge in [0.2, 0.25) is 0 Å². The molecule has 30 heavy (non-hydrogen) atoms. The number of carbonyl (C=O) groups is 1. The summed E-state index contributed by atoms with van der Waals surface area (Å²) in [4.78, 5) is 12.7. The Morgan fingerprint density at radius 1 is 1.10 bits per heavy atom. The minimum Gasteiger partial charge on any atom is -0.493 e. The molecule has 2 aromatic carbocycles. The van der Waals surface area contributed by atoms with Crippen molar-refractivity contribution in [3.8, 4) is 5.75 Å².